The average molecular weight is 434 g/mol. The second-order valence-corrected chi connectivity index (χ2v) is 7.00. The molecule has 3 rings (SSSR count). The smallest absolute Gasteiger partial charge is 0.337 e. The zero-order valence-electron chi connectivity index (χ0n) is 17.5. The SMILES string of the molecule is COC(=O)c1ccc(-n2c(C)cc(C(=O)Cn3cc([N+](=O)[O-])cc(C#N)c3=O)c2C)cc1. The van der Waals surface area contributed by atoms with Gasteiger partial charge in [-0.2, -0.15) is 5.26 Å². The third-order valence-electron chi connectivity index (χ3n) is 4.99. The predicted molar refractivity (Wildman–Crippen MR) is 113 cm³/mol. The Morgan fingerprint density at radius 2 is 1.84 bits per heavy atom. The lowest BCUT2D eigenvalue weighted by atomic mass is 10.1. The summed E-state index contributed by atoms with van der Waals surface area (Å²) < 4.78 is 7.37. The fraction of sp³-hybridized carbons (Fsp3) is 0.182. The van der Waals surface area contributed by atoms with Gasteiger partial charge in [0.15, 0.2) is 5.78 Å². The Hall–Kier alpha value is -4.52. The summed E-state index contributed by atoms with van der Waals surface area (Å²) in [6.45, 7) is 3.07. The van der Waals surface area contributed by atoms with Crippen LogP contribution in [0, 0.1) is 35.3 Å². The molecule has 162 valence electrons. The summed E-state index contributed by atoms with van der Waals surface area (Å²) in [5.41, 5.74) is 1.11. The van der Waals surface area contributed by atoms with Crippen LogP contribution >= 0.6 is 0 Å². The van der Waals surface area contributed by atoms with Crippen molar-refractivity contribution < 1.29 is 19.2 Å². The highest BCUT2D eigenvalue weighted by Crippen LogP contribution is 2.22. The molecule has 2 aromatic heterocycles. The van der Waals surface area contributed by atoms with E-state index in [0.29, 0.717) is 22.5 Å². The number of ketones is 1. The second-order valence-electron chi connectivity index (χ2n) is 7.00. The van der Waals surface area contributed by atoms with Crippen molar-refractivity contribution in [3.05, 3.63) is 91.1 Å². The molecule has 0 fully saturated rings. The van der Waals surface area contributed by atoms with Crippen molar-refractivity contribution in [3.63, 3.8) is 0 Å². The minimum Gasteiger partial charge on any atom is -0.465 e. The number of aromatic nitrogens is 2. The normalized spacial score (nSPS) is 10.4. The lowest BCUT2D eigenvalue weighted by Crippen LogP contribution is -2.26. The summed E-state index contributed by atoms with van der Waals surface area (Å²) >= 11 is 0. The number of Topliss-reactive ketones (excluding diaryl/α,β-unsaturated/α-hetero) is 1. The first-order chi connectivity index (χ1) is 15.2. The van der Waals surface area contributed by atoms with Crippen LogP contribution in [0.3, 0.4) is 0 Å². The fourth-order valence-electron chi connectivity index (χ4n) is 3.46. The molecule has 0 unspecified atom stereocenters. The van der Waals surface area contributed by atoms with E-state index in [1.165, 1.54) is 7.11 Å². The van der Waals surface area contributed by atoms with Gasteiger partial charge in [-0.15, -0.1) is 0 Å². The van der Waals surface area contributed by atoms with Crippen molar-refractivity contribution in [1.29, 1.82) is 5.26 Å². The Morgan fingerprint density at radius 3 is 2.41 bits per heavy atom. The molecule has 0 saturated carbocycles. The summed E-state index contributed by atoms with van der Waals surface area (Å²) in [5.74, 6) is -0.908. The van der Waals surface area contributed by atoms with Gasteiger partial charge in [0, 0.05) is 28.7 Å². The largest absolute Gasteiger partial charge is 0.465 e. The molecule has 32 heavy (non-hydrogen) atoms. The maximum atomic E-state index is 13.0. The second kappa shape index (κ2) is 8.69. The molecule has 3 aromatic rings. The van der Waals surface area contributed by atoms with Gasteiger partial charge in [-0.1, -0.05) is 0 Å². The highest BCUT2D eigenvalue weighted by molar-refractivity contribution is 5.97. The van der Waals surface area contributed by atoms with Gasteiger partial charge in [0.25, 0.3) is 11.2 Å². The van der Waals surface area contributed by atoms with E-state index >= 15 is 0 Å². The zero-order valence-corrected chi connectivity index (χ0v) is 17.5. The number of nitriles is 1. The number of methoxy groups -OCH3 is 1. The molecule has 0 aliphatic heterocycles. The highest BCUT2D eigenvalue weighted by Gasteiger charge is 2.20. The first kappa shape index (κ1) is 22.2. The number of nitro groups is 1. The minimum atomic E-state index is -0.779. The monoisotopic (exact) mass is 434 g/mol. The Kier molecular flexibility index (Phi) is 6.02. The summed E-state index contributed by atoms with van der Waals surface area (Å²) in [7, 11) is 1.29. The standard InChI is InChI=1S/C22H18N4O6/c1-13-8-19(14(2)25(13)17-6-4-15(5-7-17)22(29)32-3)20(27)12-24-11-18(26(30)31)9-16(10-23)21(24)28/h4-9,11H,12H2,1-3H3. The molecular weight excluding hydrogens is 416 g/mol. The molecule has 10 nitrogen and oxygen atoms in total. The summed E-state index contributed by atoms with van der Waals surface area (Å²) in [6.07, 6.45) is 0.950. The molecule has 0 aliphatic carbocycles. The number of carbonyl (C=O) groups is 2. The van der Waals surface area contributed by atoms with E-state index in [0.717, 1.165) is 22.5 Å². The fourth-order valence-corrected chi connectivity index (χ4v) is 3.46. The summed E-state index contributed by atoms with van der Waals surface area (Å²) in [6, 6.07) is 10.8. The molecule has 0 aliphatic rings. The molecule has 0 radical (unpaired) electrons. The van der Waals surface area contributed by atoms with Crippen LogP contribution in [0.4, 0.5) is 5.69 Å². The molecule has 0 atom stereocenters. The average Bonchev–Trinajstić information content (AvgIpc) is 3.08. The van der Waals surface area contributed by atoms with E-state index < -0.39 is 40.0 Å². The minimum absolute atomic E-state index is 0.330. The Balaban J connectivity index is 1.98. The van der Waals surface area contributed by atoms with E-state index in [1.54, 1.807) is 50.2 Å². The van der Waals surface area contributed by atoms with Crippen molar-refractivity contribution in [3.8, 4) is 11.8 Å². The van der Waals surface area contributed by atoms with Crippen molar-refractivity contribution >= 4 is 17.4 Å². The van der Waals surface area contributed by atoms with Gasteiger partial charge in [-0.3, -0.25) is 24.3 Å². The van der Waals surface area contributed by atoms with Crippen LogP contribution in [0.15, 0.2) is 47.4 Å². The van der Waals surface area contributed by atoms with Crippen molar-refractivity contribution in [1.82, 2.24) is 9.13 Å². The van der Waals surface area contributed by atoms with E-state index in [-0.39, 0.29) is 0 Å². The van der Waals surface area contributed by atoms with Gasteiger partial charge < -0.3 is 9.30 Å². The van der Waals surface area contributed by atoms with Crippen LogP contribution in [0.2, 0.25) is 0 Å². The van der Waals surface area contributed by atoms with Gasteiger partial charge in [-0.25, -0.2) is 4.79 Å². The molecule has 1 aromatic carbocycles. The Bertz CT molecular complexity index is 1340. The van der Waals surface area contributed by atoms with Crippen LogP contribution < -0.4 is 5.56 Å². The zero-order chi connectivity index (χ0) is 23.6. The van der Waals surface area contributed by atoms with E-state index in [4.69, 9.17) is 10.00 Å². The van der Waals surface area contributed by atoms with E-state index in [9.17, 15) is 24.5 Å². The summed E-state index contributed by atoms with van der Waals surface area (Å²) in [4.78, 5) is 47.3. The quantitative estimate of drug-likeness (QED) is 0.252. The van der Waals surface area contributed by atoms with Gasteiger partial charge in [0.05, 0.1) is 30.3 Å². The first-order valence-corrected chi connectivity index (χ1v) is 9.37. The van der Waals surface area contributed by atoms with Crippen LogP contribution in [-0.2, 0) is 11.3 Å². The number of rotatable bonds is 6. The molecule has 10 heteroatoms. The topological polar surface area (TPSA) is 137 Å². The molecule has 0 bridgehead atoms. The van der Waals surface area contributed by atoms with Gasteiger partial charge in [-0.05, 0) is 44.2 Å². The lowest BCUT2D eigenvalue weighted by molar-refractivity contribution is -0.385. The number of ether oxygens (including phenoxy) is 1. The molecular formula is C22H18N4O6. The van der Waals surface area contributed by atoms with Crippen LogP contribution in [0.5, 0.6) is 0 Å². The van der Waals surface area contributed by atoms with Crippen molar-refractivity contribution in [2.45, 2.75) is 20.4 Å². The number of aryl methyl sites for hydroxylation is 1. The Morgan fingerprint density at radius 1 is 1.19 bits per heavy atom. The number of hydrogen-bond donors (Lipinski definition) is 0. The van der Waals surface area contributed by atoms with Crippen LogP contribution in [0.1, 0.15) is 37.7 Å². The first-order valence-electron chi connectivity index (χ1n) is 9.37. The summed E-state index contributed by atoms with van der Waals surface area (Å²) in [5, 5.41) is 20.2. The van der Waals surface area contributed by atoms with E-state index in [2.05, 4.69) is 0 Å². The van der Waals surface area contributed by atoms with E-state index in [1.807, 2.05) is 4.57 Å². The van der Waals surface area contributed by atoms with Gasteiger partial charge in [0.1, 0.15) is 11.6 Å². The number of esters is 1. The Labute approximate surface area is 182 Å². The number of carbonyl (C=O) groups excluding carboxylic acids is 2. The number of benzene rings is 1. The molecule has 0 amide bonds. The number of nitrogens with zero attached hydrogens (tertiary/aromatic N) is 4. The van der Waals surface area contributed by atoms with Crippen LogP contribution in [-0.4, -0.2) is 32.9 Å². The maximum Gasteiger partial charge on any atom is 0.337 e. The highest BCUT2D eigenvalue weighted by atomic mass is 16.6. The van der Waals surface area contributed by atoms with Crippen LogP contribution in [0.25, 0.3) is 5.69 Å². The van der Waals surface area contributed by atoms with Crippen molar-refractivity contribution in [2.75, 3.05) is 7.11 Å². The predicted octanol–water partition coefficient (Wildman–Crippen LogP) is 2.71. The van der Waals surface area contributed by atoms with Crippen molar-refractivity contribution in [2.24, 2.45) is 0 Å². The molecule has 0 N–H and O–H groups in total. The maximum absolute atomic E-state index is 13.0. The number of hydrogen-bond acceptors (Lipinski definition) is 7. The molecule has 0 saturated heterocycles. The van der Waals surface area contributed by atoms with Gasteiger partial charge in [0.2, 0.25) is 0 Å². The number of pyridine rings is 1. The molecule has 2 heterocycles. The third kappa shape index (κ3) is 4.04. The molecule has 0 spiro atoms. The lowest BCUT2D eigenvalue weighted by Gasteiger charge is -2.11. The van der Waals surface area contributed by atoms with Gasteiger partial charge >= 0.3 is 5.97 Å². The third-order valence-corrected chi connectivity index (χ3v) is 4.99.